The van der Waals surface area contributed by atoms with Crippen LogP contribution in [0.1, 0.15) is 74.9 Å². The van der Waals surface area contributed by atoms with Gasteiger partial charge in [0, 0.05) is 46.6 Å². The van der Waals surface area contributed by atoms with Crippen molar-refractivity contribution in [1.82, 2.24) is 19.3 Å². The molecule has 0 spiro atoms. The van der Waals surface area contributed by atoms with Gasteiger partial charge in [0.05, 0.1) is 35.2 Å². The predicted molar refractivity (Wildman–Crippen MR) is 187 cm³/mol. The summed E-state index contributed by atoms with van der Waals surface area (Å²) >= 11 is 0. The van der Waals surface area contributed by atoms with Crippen molar-refractivity contribution in [1.29, 1.82) is 0 Å². The molecule has 0 saturated carbocycles. The molecule has 0 bridgehead atoms. The van der Waals surface area contributed by atoms with Crippen LogP contribution in [0.3, 0.4) is 0 Å². The van der Waals surface area contributed by atoms with Crippen LogP contribution in [0.25, 0.3) is 33.3 Å². The molecule has 0 N–H and O–H groups in total. The summed E-state index contributed by atoms with van der Waals surface area (Å²) in [6, 6.07) is 25.0. The zero-order chi connectivity index (χ0) is 32.1. The van der Waals surface area contributed by atoms with Gasteiger partial charge in [-0.15, -0.1) is 0 Å². The molecule has 1 aliphatic rings. The number of rotatable bonds is 7. The normalized spacial score (nSPS) is 16.7. The van der Waals surface area contributed by atoms with Gasteiger partial charge >= 0.3 is 0 Å². The molecule has 0 amide bonds. The van der Waals surface area contributed by atoms with E-state index in [9.17, 15) is 0 Å². The minimum Gasteiger partial charge on any atom is -0.497 e. The third kappa shape index (κ3) is 5.16. The maximum atomic E-state index is 6.64. The molecule has 0 aliphatic heterocycles. The highest BCUT2D eigenvalue weighted by Gasteiger charge is 2.31. The van der Waals surface area contributed by atoms with Gasteiger partial charge in [0.15, 0.2) is 0 Å². The van der Waals surface area contributed by atoms with Gasteiger partial charge in [-0.05, 0) is 87.4 Å². The summed E-state index contributed by atoms with van der Waals surface area (Å²) in [5, 5.41) is 7.47. The van der Waals surface area contributed by atoms with Gasteiger partial charge in [0.2, 0.25) is 0 Å². The van der Waals surface area contributed by atoms with Crippen molar-refractivity contribution in [3.63, 3.8) is 0 Å². The fourth-order valence-corrected chi connectivity index (χ4v) is 7.48. The molecule has 0 saturated heterocycles. The Morgan fingerprint density at radius 1 is 0.848 bits per heavy atom. The van der Waals surface area contributed by atoms with E-state index in [2.05, 4.69) is 118 Å². The predicted octanol–water partition coefficient (Wildman–Crippen LogP) is 10.4. The maximum Gasteiger partial charge on any atom is 0.141 e. The molecule has 6 aromatic rings. The lowest BCUT2D eigenvalue weighted by atomic mass is 9.74. The number of para-hydroxylation sites is 1. The number of allylic oxidation sites excluding steroid dienone is 2. The number of pyridine rings is 1. The Bertz CT molecular complexity index is 2120. The smallest absolute Gasteiger partial charge is 0.141 e. The standard InChI is InChI=1S/C40H42N4O2/c1-24(2)40-39(38-26(4)11-10-12-27(38)5)28(6)42-44(40)29-19-25(3)20-32(21-29)46-31-15-16-34-33-13-8-9-14-35(33)43(36(34)22-31)37-23-30(45-7)17-18-41-37/h8-9,11,13-24,27,38H,10,12H2,1-7H3/t27-,38?/m0/s1. The van der Waals surface area contributed by atoms with Gasteiger partial charge in [-0.25, -0.2) is 9.67 Å². The number of methoxy groups -OCH3 is 1. The molecular formula is C40H42N4O2. The minimum atomic E-state index is 0.317. The lowest BCUT2D eigenvalue weighted by Gasteiger charge is -2.30. The van der Waals surface area contributed by atoms with Crippen LogP contribution >= 0.6 is 0 Å². The summed E-state index contributed by atoms with van der Waals surface area (Å²) in [6.07, 6.45) is 6.58. The number of aryl methyl sites for hydroxylation is 2. The fourth-order valence-electron chi connectivity index (χ4n) is 7.48. The molecule has 1 unspecified atom stereocenters. The van der Waals surface area contributed by atoms with E-state index in [0.717, 1.165) is 68.2 Å². The third-order valence-corrected chi connectivity index (χ3v) is 9.49. The summed E-state index contributed by atoms with van der Waals surface area (Å²) in [7, 11) is 1.68. The highest BCUT2D eigenvalue weighted by Crippen LogP contribution is 2.44. The van der Waals surface area contributed by atoms with Crippen LogP contribution in [0, 0.1) is 19.8 Å². The maximum absolute atomic E-state index is 6.64. The van der Waals surface area contributed by atoms with E-state index in [0.29, 0.717) is 17.8 Å². The third-order valence-electron chi connectivity index (χ3n) is 9.49. The van der Waals surface area contributed by atoms with Crippen LogP contribution in [0.15, 0.2) is 90.6 Å². The first-order chi connectivity index (χ1) is 22.2. The summed E-state index contributed by atoms with van der Waals surface area (Å²) < 4.78 is 16.5. The van der Waals surface area contributed by atoms with Crippen molar-refractivity contribution in [3.8, 4) is 28.8 Å². The molecule has 2 atom stereocenters. The molecule has 7 rings (SSSR count). The number of aromatic nitrogens is 4. The molecule has 46 heavy (non-hydrogen) atoms. The average molecular weight is 611 g/mol. The molecule has 0 radical (unpaired) electrons. The number of fused-ring (bicyclic) bond motifs is 3. The molecule has 3 heterocycles. The van der Waals surface area contributed by atoms with Crippen LogP contribution in [0.2, 0.25) is 0 Å². The molecule has 1 aliphatic carbocycles. The van der Waals surface area contributed by atoms with E-state index in [1.807, 2.05) is 12.1 Å². The number of hydrogen-bond donors (Lipinski definition) is 0. The molecule has 6 nitrogen and oxygen atoms in total. The van der Waals surface area contributed by atoms with Crippen molar-refractivity contribution in [2.24, 2.45) is 5.92 Å². The Labute approximate surface area is 271 Å². The fraction of sp³-hybridized carbons (Fsp3) is 0.300. The summed E-state index contributed by atoms with van der Waals surface area (Å²) in [6.45, 7) is 13.5. The molecule has 234 valence electrons. The first-order valence-corrected chi connectivity index (χ1v) is 16.3. The Morgan fingerprint density at radius 3 is 2.43 bits per heavy atom. The van der Waals surface area contributed by atoms with Crippen molar-refractivity contribution >= 4 is 21.8 Å². The lowest BCUT2D eigenvalue weighted by Crippen LogP contribution is -2.18. The topological polar surface area (TPSA) is 54.1 Å². The van der Waals surface area contributed by atoms with Crippen molar-refractivity contribution in [2.75, 3.05) is 7.11 Å². The summed E-state index contributed by atoms with van der Waals surface area (Å²) in [5.74, 6) is 4.40. The quantitative estimate of drug-likeness (QED) is 0.169. The number of nitrogens with zero attached hydrogens (tertiary/aromatic N) is 4. The van der Waals surface area contributed by atoms with E-state index in [-0.39, 0.29) is 0 Å². The van der Waals surface area contributed by atoms with Gasteiger partial charge in [-0.3, -0.25) is 4.57 Å². The second kappa shape index (κ2) is 11.8. The zero-order valence-electron chi connectivity index (χ0n) is 27.8. The van der Waals surface area contributed by atoms with Crippen LogP contribution in [-0.4, -0.2) is 26.4 Å². The second-order valence-corrected chi connectivity index (χ2v) is 13.1. The van der Waals surface area contributed by atoms with E-state index in [4.69, 9.17) is 19.6 Å². The van der Waals surface area contributed by atoms with Crippen molar-refractivity contribution < 1.29 is 9.47 Å². The number of benzene rings is 3. The first kappa shape index (κ1) is 29.8. The lowest BCUT2D eigenvalue weighted by molar-refractivity contribution is 0.414. The average Bonchev–Trinajstić information content (AvgIpc) is 3.55. The van der Waals surface area contributed by atoms with E-state index in [1.165, 1.54) is 23.3 Å². The van der Waals surface area contributed by atoms with Crippen LogP contribution in [-0.2, 0) is 0 Å². The van der Waals surface area contributed by atoms with Crippen molar-refractivity contribution in [3.05, 3.63) is 113 Å². The molecule has 6 heteroatoms. The molecular weight excluding hydrogens is 568 g/mol. The molecule has 3 aromatic heterocycles. The Balaban J connectivity index is 1.32. The number of hydrogen-bond acceptors (Lipinski definition) is 4. The molecule has 3 aromatic carbocycles. The second-order valence-electron chi connectivity index (χ2n) is 13.1. The SMILES string of the molecule is COc1ccnc(-n2c3ccccc3c3ccc(Oc4cc(C)cc(-n5nc(C)c(C6C(C)=CCC[C@@H]6C)c5C(C)C)c4)cc32)c1. The Kier molecular flexibility index (Phi) is 7.67. The van der Waals surface area contributed by atoms with Gasteiger partial charge in [-0.1, -0.05) is 50.6 Å². The largest absolute Gasteiger partial charge is 0.497 e. The van der Waals surface area contributed by atoms with Crippen LogP contribution in [0.5, 0.6) is 17.2 Å². The molecule has 0 fully saturated rings. The summed E-state index contributed by atoms with van der Waals surface area (Å²) in [5.41, 5.74) is 9.51. The zero-order valence-corrected chi connectivity index (χ0v) is 27.8. The number of ether oxygens (including phenoxy) is 2. The van der Waals surface area contributed by atoms with Gasteiger partial charge in [-0.2, -0.15) is 5.10 Å². The van der Waals surface area contributed by atoms with Gasteiger partial charge < -0.3 is 9.47 Å². The minimum absolute atomic E-state index is 0.317. The van der Waals surface area contributed by atoms with Gasteiger partial charge in [0.1, 0.15) is 23.1 Å². The van der Waals surface area contributed by atoms with E-state index in [1.54, 1.807) is 13.3 Å². The van der Waals surface area contributed by atoms with Crippen molar-refractivity contribution in [2.45, 2.75) is 66.2 Å². The van der Waals surface area contributed by atoms with Gasteiger partial charge in [0.25, 0.3) is 0 Å². The van der Waals surface area contributed by atoms with Crippen LogP contribution in [0.4, 0.5) is 0 Å². The highest BCUT2D eigenvalue weighted by molar-refractivity contribution is 6.09. The van der Waals surface area contributed by atoms with E-state index < -0.39 is 0 Å². The first-order valence-electron chi connectivity index (χ1n) is 16.3. The van der Waals surface area contributed by atoms with Crippen LogP contribution < -0.4 is 9.47 Å². The highest BCUT2D eigenvalue weighted by atomic mass is 16.5. The monoisotopic (exact) mass is 610 g/mol. The summed E-state index contributed by atoms with van der Waals surface area (Å²) in [4.78, 5) is 4.70. The Hall–Kier alpha value is -4.84. The Morgan fingerprint density at radius 2 is 1.65 bits per heavy atom. The van der Waals surface area contributed by atoms with E-state index >= 15 is 0 Å².